The van der Waals surface area contributed by atoms with E-state index in [-0.39, 0.29) is 29.9 Å². The van der Waals surface area contributed by atoms with Crippen LogP contribution in [0.4, 0.5) is 10.1 Å². The average molecular weight is 383 g/mol. The number of carbonyl (C=O) groups is 1. The number of carbonyl (C=O) groups excluding carboxylic acids is 1. The minimum absolute atomic E-state index is 0.0259. The monoisotopic (exact) mass is 383 g/mol. The van der Waals surface area contributed by atoms with E-state index in [0.29, 0.717) is 31.9 Å². The molecular formula is C18H26FN3O3S. The van der Waals surface area contributed by atoms with Gasteiger partial charge in [0.15, 0.2) is 0 Å². The van der Waals surface area contributed by atoms with E-state index in [1.807, 2.05) is 4.90 Å². The maximum atomic E-state index is 13.9. The Morgan fingerprint density at radius 1 is 1.12 bits per heavy atom. The van der Waals surface area contributed by atoms with Gasteiger partial charge in [-0.2, -0.15) is 4.31 Å². The van der Waals surface area contributed by atoms with Crippen molar-refractivity contribution in [2.45, 2.75) is 25.7 Å². The molecule has 1 amide bonds. The molecule has 3 rings (SSSR count). The topological polar surface area (TPSA) is 69.7 Å². The zero-order valence-electron chi connectivity index (χ0n) is 14.9. The van der Waals surface area contributed by atoms with E-state index < -0.39 is 10.0 Å². The summed E-state index contributed by atoms with van der Waals surface area (Å²) in [5, 5.41) is 2.76. The molecule has 26 heavy (non-hydrogen) atoms. The van der Waals surface area contributed by atoms with Crippen LogP contribution in [0.15, 0.2) is 24.3 Å². The second-order valence-corrected chi connectivity index (χ2v) is 9.01. The number of piperazine rings is 1. The van der Waals surface area contributed by atoms with Gasteiger partial charge in [0.05, 0.1) is 11.4 Å². The van der Waals surface area contributed by atoms with Crippen LogP contribution in [0.5, 0.6) is 0 Å². The highest BCUT2D eigenvalue weighted by Gasteiger charge is 2.28. The molecule has 0 aromatic heterocycles. The molecular weight excluding hydrogens is 357 g/mol. The first-order valence-electron chi connectivity index (χ1n) is 9.22. The number of hydrogen-bond acceptors (Lipinski definition) is 4. The molecule has 1 heterocycles. The van der Waals surface area contributed by atoms with Crippen LogP contribution in [0.3, 0.4) is 0 Å². The first-order chi connectivity index (χ1) is 12.5. The standard InChI is InChI=1S/C18H26FN3O3S/c19-16-7-3-4-8-17(16)21-10-12-22(13-11-21)26(24,25)14-9-20-18(23)15-5-1-2-6-15/h3-4,7-8,15H,1-2,5-6,9-14H2,(H,20,23). The summed E-state index contributed by atoms with van der Waals surface area (Å²) in [4.78, 5) is 13.8. The summed E-state index contributed by atoms with van der Waals surface area (Å²) in [7, 11) is -3.42. The van der Waals surface area contributed by atoms with Crippen molar-refractivity contribution in [3.63, 3.8) is 0 Å². The van der Waals surface area contributed by atoms with Crippen molar-refractivity contribution >= 4 is 21.6 Å². The van der Waals surface area contributed by atoms with Crippen molar-refractivity contribution in [3.8, 4) is 0 Å². The fourth-order valence-electron chi connectivity index (χ4n) is 3.68. The third-order valence-electron chi connectivity index (χ3n) is 5.21. The molecule has 8 heteroatoms. The number of rotatable bonds is 6. The zero-order chi connectivity index (χ0) is 18.6. The van der Waals surface area contributed by atoms with E-state index in [9.17, 15) is 17.6 Å². The minimum Gasteiger partial charge on any atom is -0.367 e. The summed E-state index contributed by atoms with van der Waals surface area (Å²) in [5.41, 5.74) is 0.508. The molecule has 1 aliphatic heterocycles. The lowest BCUT2D eigenvalue weighted by atomic mass is 10.1. The molecule has 0 radical (unpaired) electrons. The van der Waals surface area contributed by atoms with Gasteiger partial charge in [-0.05, 0) is 25.0 Å². The number of nitrogens with one attached hydrogen (secondary N) is 1. The van der Waals surface area contributed by atoms with Gasteiger partial charge in [-0.15, -0.1) is 0 Å². The Morgan fingerprint density at radius 2 is 1.77 bits per heavy atom. The molecule has 1 N–H and O–H groups in total. The Kier molecular flexibility index (Phi) is 6.13. The molecule has 2 aliphatic rings. The van der Waals surface area contributed by atoms with E-state index in [1.165, 1.54) is 10.4 Å². The van der Waals surface area contributed by atoms with Crippen LogP contribution in [-0.4, -0.2) is 57.1 Å². The first-order valence-corrected chi connectivity index (χ1v) is 10.8. The van der Waals surface area contributed by atoms with Crippen LogP contribution < -0.4 is 10.2 Å². The highest BCUT2D eigenvalue weighted by atomic mass is 32.2. The lowest BCUT2D eigenvalue weighted by molar-refractivity contribution is -0.124. The SMILES string of the molecule is O=C(NCCS(=O)(=O)N1CCN(c2ccccc2F)CC1)C1CCCC1. The van der Waals surface area contributed by atoms with Gasteiger partial charge in [-0.3, -0.25) is 4.79 Å². The van der Waals surface area contributed by atoms with Gasteiger partial charge in [-0.25, -0.2) is 12.8 Å². The number of para-hydroxylation sites is 1. The summed E-state index contributed by atoms with van der Waals surface area (Å²) < 4.78 is 40.3. The molecule has 0 unspecified atom stereocenters. The predicted molar refractivity (Wildman–Crippen MR) is 98.9 cm³/mol. The molecule has 0 bridgehead atoms. The normalized spacial score (nSPS) is 19.7. The largest absolute Gasteiger partial charge is 0.367 e. The number of anilines is 1. The maximum Gasteiger partial charge on any atom is 0.223 e. The molecule has 0 spiro atoms. The summed E-state index contributed by atoms with van der Waals surface area (Å²) in [6.07, 6.45) is 3.94. The van der Waals surface area contributed by atoms with Crippen LogP contribution in [-0.2, 0) is 14.8 Å². The van der Waals surface area contributed by atoms with Gasteiger partial charge in [-0.1, -0.05) is 25.0 Å². The zero-order valence-corrected chi connectivity index (χ0v) is 15.7. The van der Waals surface area contributed by atoms with Crippen molar-refractivity contribution in [2.75, 3.05) is 43.4 Å². The molecule has 1 aromatic rings. The number of nitrogens with zero attached hydrogens (tertiary/aromatic N) is 2. The lowest BCUT2D eigenvalue weighted by Gasteiger charge is -2.35. The third-order valence-corrected chi connectivity index (χ3v) is 7.08. The van der Waals surface area contributed by atoms with Crippen LogP contribution in [0.1, 0.15) is 25.7 Å². The van der Waals surface area contributed by atoms with Gasteiger partial charge in [0.1, 0.15) is 5.82 Å². The quantitative estimate of drug-likeness (QED) is 0.810. The van der Waals surface area contributed by atoms with Crippen LogP contribution >= 0.6 is 0 Å². The highest BCUT2D eigenvalue weighted by molar-refractivity contribution is 7.89. The maximum absolute atomic E-state index is 13.9. The summed E-state index contributed by atoms with van der Waals surface area (Å²) >= 11 is 0. The van der Waals surface area contributed by atoms with Gasteiger partial charge in [0.2, 0.25) is 15.9 Å². The van der Waals surface area contributed by atoms with E-state index in [2.05, 4.69) is 5.32 Å². The number of halogens is 1. The van der Waals surface area contributed by atoms with Gasteiger partial charge >= 0.3 is 0 Å². The van der Waals surface area contributed by atoms with Crippen molar-refractivity contribution in [2.24, 2.45) is 5.92 Å². The Labute approximate surface area is 154 Å². The van der Waals surface area contributed by atoms with Crippen molar-refractivity contribution in [1.82, 2.24) is 9.62 Å². The van der Waals surface area contributed by atoms with E-state index in [0.717, 1.165) is 25.7 Å². The second kappa shape index (κ2) is 8.35. The van der Waals surface area contributed by atoms with E-state index >= 15 is 0 Å². The Balaban J connectivity index is 1.47. The molecule has 2 fully saturated rings. The van der Waals surface area contributed by atoms with Crippen LogP contribution in [0.25, 0.3) is 0 Å². The Morgan fingerprint density at radius 3 is 2.42 bits per heavy atom. The minimum atomic E-state index is -3.42. The van der Waals surface area contributed by atoms with Crippen molar-refractivity contribution in [1.29, 1.82) is 0 Å². The van der Waals surface area contributed by atoms with Gasteiger partial charge in [0, 0.05) is 38.6 Å². The number of benzene rings is 1. The summed E-state index contributed by atoms with van der Waals surface area (Å²) in [6, 6.07) is 6.53. The fraction of sp³-hybridized carbons (Fsp3) is 0.611. The number of hydrogen-bond donors (Lipinski definition) is 1. The highest BCUT2D eigenvalue weighted by Crippen LogP contribution is 2.24. The van der Waals surface area contributed by atoms with Crippen LogP contribution in [0.2, 0.25) is 0 Å². The predicted octanol–water partition coefficient (Wildman–Crippen LogP) is 1.58. The molecule has 144 valence electrons. The van der Waals surface area contributed by atoms with Crippen molar-refractivity contribution < 1.29 is 17.6 Å². The average Bonchev–Trinajstić information content (AvgIpc) is 3.17. The smallest absolute Gasteiger partial charge is 0.223 e. The summed E-state index contributed by atoms with van der Waals surface area (Å²) in [6.45, 7) is 1.70. The van der Waals surface area contributed by atoms with E-state index in [4.69, 9.17) is 0 Å². The molecule has 1 aromatic carbocycles. The third kappa shape index (κ3) is 4.54. The molecule has 1 saturated heterocycles. The number of sulfonamides is 1. The molecule has 1 saturated carbocycles. The lowest BCUT2D eigenvalue weighted by Crippen LogP contribution is -2.50. The Hall–Kier alpha value is -1.67. The summed E-state index contributed by atoms with van der Waals surface area (Å²) in [5.74, 6) is -0.368. The Bertz CT molecular complexity index is 727. The molecule has 1 aliphatic carbocycles. The van der Waals surface area contributed by atoms with Gasteiger partial charge < -0.3 is 10.2 Å². The van der Waals surface area contributed by atoms with Crippen molar-refractivity contribution in [3.05, 3.63) is 30.1 Å². The second-order valence-electron chi connectivity index (χ2n) is 6.93. The first kappa shape index (κ1) is 19.1. The van der Waals surface area contributed by atoms with Gasteiger partial charge in [0.25, 0.3) is 0 Å². The molecule has 0 atom stereocenters. The fourth-order valence-corrected chi connectivity index (χ4v) is 5.02. The van der Waals surface area contributed by atoms with E-state index in [1.54, 1.807) is 18.2 Å². The molecule has 6 nitrogen and oxygen atoms in total. The number of amides is 1. The van der Waals surface area contributed by atoms with Crippen LogP contribution in [0, 0.1) is 11.7 Å².